The predicted molar refractivity (Wildman–Crippen MR) is 119 cm³/mol. The van der Waals surface area contributed by atoms with Crippen molar-refractivity contribution in [3.05, 3.63) is 48.5 Å². The number of carbonyl (C=O) groups is 2. The lowest BCUT2D eigenvalue weighted by Crippen LogP contribution is -2.52. The maximum Gasteiger partial charge on any atom is 0.262 e. The van der Waals surface area contributed by atoms with Crippen molar-refractivity contribution in [3.8, 4) is 11.5 Å². The van der Waals surface area contributed by atoms with Crippen LogP contribution in [0.5, 0.6) is 11.5 Å². The smallest absolute Gasteiger partial charge is 0.262 e. The average molecular weight is 434 g/mol. The summed E-state index contributed by atoms with van der Waals surface area (Å²) < 4.78 is 10.7. The Balaban J connectivity index is 0.00000320. The highest BCUT2D eigenvalue weighted by Crippen LogP contribution is 2.28. The monoisotopic (exact) mass is 433 g/mol. The molecule has 0 aromatic heterocycles. The van der Waals surface area contributed by atoms with Gasteiger partial charge in [-0.2, -0.15) is 0 Å². The van der Waals surface area contributed by atoms with Crippen LogP contribution in [-0.4, -0.2) is 31.1 Å². The Morgan fingerprint density at radius 2 is 1.60 bits per heavy atom. The molecule has 0 unspecified atom stereocenters. The molecule has 4 N–H and O–H groups in total. The Bertz CT molecular complexity index is 869. The van der Waals surface area contributed by atoms with Crippen LogP contribution in [0, 0.1) is 0 Å². The van der Waals surface area contributed by atoms with Crippen LogP contribution in [0.2, 0.25) is 0 Å². The van der Waals surface area contributed by atoms with Gasteiger partial charge in [-0.1, -0.05) is 37.5 Å². The molecule has 1 fully saturated rings. The summed E-state index contributed by atoms with van der Waals surface area (Å²) in [4.78, 5) is 24.8. The molecule has 30 heavy (non-hydrogen) atoms. The van der Waals surface area contributed by atoms with E-state index in [4.69, 9.17) is 15.2 Å². The molecular formula is C22H28ClN3O4. The lowest BCUT2D eigenvalue weighted by atomic mass is 9.82. The van der Waals surface area contributed by atoms with Gasteiger partial charge in [0.05, 0.1) is 12.6 Å². The molecule has 3 rings (SSSR count). The van der Waals surface area contributed by atoms with Crippen LogP contribution in [0.1, 0.15) is 32.1 Å². The van der Waals surface area contributed by atoms with Gasteiger partial charge in [-0.3, -0.25) is 9.59 Å². The summed E-state index contributed by atoms with van der Waals surface area (Å²) in [5, 5.41) is 5.64. The quantitative estimate of drug-likeness (QED) is 0.617. The molecule has 8 heteroatoms. The Kier molecular flexibility index (Phi) is 8.50. The molecule has 7 nitrogen and oxygen atoms in total. The fourth-order valence-electron chi connectivity index (χ4n) is 3.42. The van der Waals surface area contributed by atoms with Crippen molar-refractivity contribution in [1.29, 1.82) is 0 Å². The molecule has 0 aliphatic heterocycles. The van der Waals surface area contributed by atoms with Crippen molar-refractivity contribution in [1.82, 2.24) is 0 Å². The third kappa shape index (κ3) is 6.11. The van der Waals surface area contributed by atoms with E-state index in [1.807, 2.05) is 6.07 Å². The number of hydrogen-bond acceptors (Lipinski definition) is 5. The first kappa shape index (κ1) is 23.5. The molecule has 0 bridgehead atoms. The van der Waals surface area contributed by atoms with E-state index < -0.39 is 5.54 Å². The van der Waals surface area contributed by atoms with Crippen LogP contribution in [0.4, 0.5) is 11.4 Å². The predicted octanol–water partition coefficient (Wildman–Crippen LogP) is 3.73. The minimum Gasteiger partial charge on any atom is -0.493 e. The van der Waals surface area contributed by atoms with E-state index in [2.05, 4.69) is 10.6 Å². The first-order valence-electron chi connectivity index (χ1n) is 9.76. The Morgan fingerprint density at radius 3 is 2.27 bits per heavy atom. The number of methoxy groups -OCH3 is 1. The molecule has 2 amide bonds. The van der Waals surface area contributed by atoms with Crippen LogP contribution in [0.25, 0.3) is 0 Å². The fourth-order valence-corrected chi connectivity index (χ4v) is 3.42. The van der Waals surface area contributed by atoms with Gasteiger partial charge in [0.2, 0.25) is 5.91 Å². The van der Waals surface area contributed by atoms with Crippen molar-refractivity contribution < 1.29 is 19.1 Å². The summed E-state index contributed by atoms with van der Waals surface area (Å²) in [6, 6.07) is 14.1. The van der Waals surface area contributed by atoms with Crippen LogP contribution in [0.3, 0.4) is 0 Å². The number of carbonyl (C=O) groups excluding carboxylic acids is 2. The normalized spacial score (nSPS) is 14.7. The summed E-state index contributed by atoms with van der Waals surface area (Å²) in [5.74, 6) is 0.553. The molecule has 1 aliphatic rings. The number of rotatable bonds is 7. The van der Waals surface area contributed by atoms with Gasteiger partial charge in [0.15, 0.2) is 18.1 Å². The highest BCUT2D eigenvalue weighted by Gasteiger charge is 2.35. The largest absolute Gasteiger partial charge is 0.493 e. The highest BCUT2D eigenvalue weighted by atomic mass is 35.5. The highest BCUT2D eigenvalue weighted by molar-refractivity contribution is 5.99. The molecule has 2 aromatic carbocycles. The molecule has 0 radical (unpaired) electrons. The number of nitrogens with two attached hydrogens (primary N) is 1. The summed E-state index contributed by atoms with van der Waals surface area (Å²) in [5.41, 5.74) is 6.61. The van der Waals surface area contributed by atoms with E-state index in [1.54, 1.807) is 49.6 Å². The summed E-state index contributed by atoms with van der Waals surface area (Å²) in [6.07, 6.45) is 4.42. The van der Waals surface area contributed by atoms with E-state index in [0.717, 1.165) is 19.3 Å². The van der Waals surface area contributed by atoms with Gasteiger partial charge in [-0.05, 0) is 43.2 Å². The second kappa shape index (κ2) is 10.8. The second-order valence-corrected chi connectivity index (χ2v) is 7.24. The average Bonchev–Trinajstić information content (AvgIpc) is 2.73. The summed E-state index contributed by atoms with van der Waals surface area (Å²) in [7, 11) is 1.54. The number of ether oxygens (including phenoxy) is 2. The number of amides is 2. The van der Waals surface area contributed by atoms with E-state index >= 15 is 0 Å². The SMILES string of the molecule is COc1ccccc1OCC(=O)Nc1cccc(NC(=O)C2(N)CCCCC2)c1.Cl. The second-order valence-electron chi connectivity index (χ2n) is 7.24. The van der Waals surface area contributed by atoms with Gasteiger partial charge in [-0.25, -0.2) is 0 Å². The van der Waals surface area contributed by atoms with Gasteiger partial charge in [0, 0.05) is 11.4 Å². The number of halogens is 1. The Morgan fingerprint density at radius 1 is 0.967 bits per heavy atom. The minimum absolute atomic E-state index is 0. The van der Waals surface area contributed by atoms with Crippen LogP contribution >= 0.6 is 12.4 Å². The standard InChI is InChI=1S/C22H27N3O4.ClH/c1-28-18-10-3-4-11-19(18)29-15-20(26)24-16-8-7-9-17(14-16)25-21(27)22(23)12-5-2-6-13-22;/h3-4,7-11,14H,2,5-6,12-13,15,23H2,1H3,(H,24,26)(H,25,27);1H. The van der Waals surface area contributed by atoms with E-state index in [1.165, 1.54) is 0 Å². The first-order chi connectivity index (χ1) is 14.0. The van der Waals surface area contributed by atoms with Gasteiger partial charge < -0.3 is 25.8 Å². The van der Waals surface area contributed by atoms with Crippen LogP contribution < -0.4 is 25.8 Å². The van der Waals surface area contributed by atoms with Crippen molar-refractivity contribution in [2.24, 2.45) is 5.73 Å². The minimum atomic E-state index is -0.819. The third-order valence-electron chi connectivity index (χ3n) is 5.03. The number of para-hydroxylation sites is 2. The zero-order valence-corrected chi connectivity index (χ0v) is 17.8. The molecule has 0 saturated heterocycles. The van der Waals surface area contributed by atoms with Crippen LogP contribution in [-0.2, 0) is 9.59 Å². The van der Waals surface area contributed by atoms with Crippen LogP contribution in [0.15, 0.2) is 48.5 Å². The molecule has 162 valence electrons. The summed E-state index contributed by atoms with van der Waals surface area (Å²) >= 11 is 0. The third-order valence-corrected chi connectivity index (χ3v) is 5.03. The molecular weight excluding hydrogens is 406 g/mol. The molecule has 0 spiro atoms. The zero-order valence-electron chi connectivity index (χ0n) is 17.0. The molecule has 1 aliphatic carbocycles. The maximum absolute atomic E-state index is 12.6. The molecule has 0 atom stereocenters. The number of nitrogens with one attached hydrogen (secondary N) is 2. The van der Waals surface area contributed by atoms with E-state index in [9.17, 15) is 9.59 Å². The Hall–Kier alpha value is -2.77. The zero-order chi connectivity index (χ0) is 20.7. The Labute approximate surface area is 182 Å². The fraction of sp³-hybridized carbons (Fsp3) is 0.364. The topological polar surface area (TPSA) is 103 Å². The molecule has 1 saturated carbocycles. The number of anilines is 2. The van der Waals surface area contributed by atoms with Gasteiger partial charge in [0.25, 0.3) is 5.91 Å². The molecule has 0 heterocycles. The van der Waals surface area contributed by atoms with Crippen molar-refractivity contribution in [2.45, 2.75) is 37.6 Å². The van der Waals surface area contributed by atoms with Gasteiger partial charge in [-0.15, -0.1) is 12.4 Å². The molecule has 2 aromatic rings. The maximum atomic E-state index is 12.6. The van der Waals surface area contributed by atoms with Crippen molar-refractivity contribution >= 4 is 35.6 Å². The van der Waals surface area contributed by atoms with E-state index in [0.29, 0.717) is 35.7 Å². The lowest BCUT2D eigenvalue weighted by molar-refractivity contribution is -0.122. The van der Waals surface area contributed by atoms with Crippen molar-refractivity contribution in [3.63, 3.8) is 0 Å². The van der Waals surface area contributed by atoms with Gasteiger partial charge in [0.1, 0.15) is 0 Å². The number of benzene rings is 2. The number of hydrogen-bond donors (Lipinski definition) is 3. The van der Waals surface area contributed by atoms with E-state index in [-0.39, 0.29) is 30.8 Å². The van der Waals surface area contributed by atoms with Gasteiger partial charge >= 0.3 is 0 Å². The lowest BCUT2D eigenvalue weighted by Gasteiger charge is -2.31. The first-order valence-corrected chi connectivity index (χ1v) is 9.76. The summed E-state index contributed by atoms with van der Waals surface area (Å²) in [6.45, 7) is -0.164. The van der Waals surface area contributed by atoms with Crippen molar-refractivity contribution in [2.75, 3.05) is 24.4 Å².